The Labute approximate surface area is 136 Å². The van der Waals surface area contributed by atoms with Crippen LogP contribution in [0.1, 0.15) is 20.8 Å². The maximum Gasteiger partial charge on any atom is 0.337 e. The monoisotopic (exact) mass is 374 g/mol. The predicted molar refractivity (Wildman–Crippen MR) is 85.2 cm³/mol. The van der Waals surface area contributed by atoms with Gasteiger partial charge in [-0.15, -0.1) is 0 Å². The van der Waals surface area contributed by atoms with Crippen LogP contribution in [0.3, 0.4) is 0 Å². The molecule has 0 aliphatic heterocycles. The molecule has 0 bridgehead atoms. The first kappa shape index (κ1) is 18.2. The van der Waals surface area contributed by atoms with E-state index in [1.807, 2.05) is 13.8 Å². The topological polar surface area (TPSA) is 108 Å². The van der Waals surface area contributed by atoms with E-state index in [-0.39, 0.29) is 6.10 Å². The minimum Gasteiger partial charge on any atom is -0.491 e. The highest BCUT2D eigenvalue weighted by Crippen LogP contribution is 2.25. The van der Waals surface area contributed by atoms with Crippen molar-refractivity contribution in [3.05, 3.63) is 22.7 Å². The van der Waals surface area contributed by atoms with Crippen molar-refractivity contribution < 1.29 is 24.5 Å². The van der Waals surface area contributed by atoms with E-state index in [9.17, 15) is 14.7 Å². The van der Waals surface area contributed by atoms with Crippen LogP contribution in [-0.2, 0) is 4.79 Å². The summed E-state index contributed by atoms with van der Waals surface area (Å²) in [4.78, 5) is 22.5. The van der Waals surface area contributed by atoms with Crippen LogP contribution in [-0.4, -0.2) is 40.5 Å². The van der Waals surface area contributed by atoms with Gasteiger partial charge in [0.05, 0.1) is 12.6 Å². The van der Waals surface area contributed by atoms with Crippen LogP contribution in [0.4, 0.5) is 10.5 Å². The fourth-order valence-electron chi connectivity index (χ4n) is 1.48. The van der Waals surface area contributed by atoms with Crippen molar-refractivity contribution in [2.45, 2.75) is 32.5 Å². The molecule has 0 radical (unpaired) electrons. The molecule has 1 unspecified atom stereocenters. The molecule has 1 rings (SSSR count). The van der Waals surface area contributed by atoms with E-state index in [2.05, 4.69) is 26.6 Å². The number of carboxylic acids is 1. The van der Waals surface area contributed by atoms with Gasteiger partial charge in [-0.05, 0) is 32.9 Å². The third-order valence-electron chi connectivity index (χ3n) is 2.55. The maximum atomic E-state index is 11.7. The minimum atomic E-state index is -2.03. The van der Waals surface area contributed by atoms with Gasteiger partial charge < -0.3 is 25.6 Å². The maximum absolute atomic E-state index is 11.7. The minimum absolute atomic E-state index is 0.0124. The average molecular weight is 375 g/mol. The fourth-order valence-corrected chi connectivity index (χ4v) is 1.95. The van der Waals surface area contributed by atoms with Crippen molar-refractivity contribution in [2.75, 3.05) is 11.9 Å². The molecule has 4 N–H and O–H groups in total. The van der Waals surface area contributed by atoms with Gasteiger partial charge in [0.2, 0.25) is 0 Å². The van der Waals surface area contributed by atoms with E-state index >= 15 is 0 Å². The highest BCUT2D eigenvalue weighted by molar-refractivity contribution is 9.10. The molecule has 7 nitrogen and oxygen atoms in total. The lowest BCUT2D eigenvalue weighted by molar-refractivity contribution is -0.155. The van der Waals surface area contributed by atoms with Gasteiger partial charge in [-0.2, -0.15) is 0 Å². The van der Waals surface area contributed by atoms with E-state index in [0.717, 1.165) is 11.4 Å². The standard InChI is InChI=1S/C14H19BrN2O5/c1-8(2)22-11-5-9(15)4-10(6-11)17-13(20)16-7-14(3,21)12(18)19/h4-6,8,21H,7H2,1-3H3,(H,18,19)(H2,16,17,20). The van der Waals surface area contributed by atoms with Gasteiger partial charge in [-0.25, -0.2) is 9.59 Å². The number of aliphatic hydroxyl groups is 1. The summed E-state index contributed by atoms with van der Waals surface area (Å²) in [5.41, 5.74) is -1.56. The number of anilines is 1. The molecular formula is C14H19BrN2O5. The van der Waals surface area contributed by atoms with Crippen molar-refractivity contribution >= 4 is 33.6 Å². The molecule has 0 aromatic heterocycles. The molecule has 0 heterocycles. The van der Waals surface area contributed by atoms with Crippen LogP contribution in [0, 0.1) is 0 Å². The Bertz CT molecular complexity index is 560. The summed E-state index contributed by atoms with van der Waals surface area (Å²) < 4.78 is 6.26. The van der Waals surface area contributed by atoms with Crippen LogP contribution in [0.5, 0.6) is 5.75 Å². The second-order valence-electron chi connectivity index (χ2n) is 5.23. The number of nitrogens with one attached hydrogen (secondary N) is 2. The van der Waals surface area contributed by atoms with Gasteiger partial charge in [-0.3, -0.25) is 0 Å². The van der Waals surface area contributed by atoms with Gasteiger partial charge in [0, 0.05) is 16.2 Å². The lowest BCUT2D eigenvalue weighted by atomic mass is 10.1. The Hall–Kier alpha value is -1.80. The van der Waals surface area contributed by atoms with E-state index in [0.29, 0.717) is 11.4 Å². The van der Waals surface area contributed by atoms with Crippen LogP contribution in [0.15, 0.2) is 22.7 Å². The number of halogens is 1. The lowest BCUT2D eigenvalue weighted by Crippen LogP contribution is -2.47. The van der Waals surface area contributed by atoms with Crippen LogP contribution in [0.25, 0.3) is 0 Å². The summed E-state index contributed by atoms with van der Waals surface area (Å²) in [7, 11) is 0. The smallest absolute Gasteiger partial charge is 0.337 e. The Morgan fingerprint density at radius 2 is 2.00 bits per heavy atom. The first-order chi connectivity index (χ1) is 10.1. The summed E-state index contributed by atoms with van der Waals surface area (Å²) in [5.74, 6) is -0.833. The summed E-state index contributed by atoms with van der Waals surface area (Å²) >= 11 is 3.31. The SMILES string of the molecule is CC(C)Oc1cc(Br)cc(NC(=O)NCC(C)(O)C(=O)O)c1. The number of aliphatic carboxylic acids is 1. The zero-order chi connectivity index (χ0) is 16.9. The molecule has 122 valence electrons. The van der Waals surface area contributed by atoms with Crippen molar-refractivity contribution in [1.82, 2.24) is 5.32 Å². The number of ether oxygens (including phenoxy) is 1. The van der Waals surface area contributed by atoms with Crippen LogP contribution < -0.4 is 15.4 Å². The first-order valence-electron chi connectivity index (χ1n) is 6.58. The molecule has 0 saturated carbocycles. The van der Waals surface area contributed by atoms with E-state index in [4.69, 9.17) is 9.84 Å². The molecular weight excluding hydrogens is 356 g/mol. The van der Waals surface area contributed by atoms with Crippen molar-refractivity contribution in [2.24, 2.45) is 0 Å². The number of benzene rings is 1. The van der Waals surface area contributed by atoms with Gasteiger partial charge in [0.25, 0.3) is 0 Å². The molecule has 0 aliphatic carbocycles. The van der Waals surface area contributed by atoms with E-state index in [1.165, 1.54) is 0 Å². The lowest BCUT2D eigenvalue weighted by Gasteiger charge is -2.18. The Balaban J connectivity index is 2.68. The normalized spacial score (nSPS) is 13.4. The molecule has 22 heavy (non-hydrogen) atoms. The number of carboxylic acid groups (broad SMARTS) is 1. The Kier molecular flexibility index (Phi) is 6.19. The Morgan fingerprint density at radius 1 is 1.36 bits per heavy atom. The van der Waals surface area contributed by atoms with Gasteiger partial charge in [-0.1, -0.05) is 15.9 Å². The number of hydrogen-bond donors (Lipinski definition) is 4. The van der Waals surface area contributed by atoms with E-state index < -0.39 is 24.1 Å². The van der Waals surface area contributed by atoms with Crippen LogP contribution >= 0.6 is 15.9 Å². The summed E-state index contributed by atoms with van der Waals surface area (Å²) in [6.07, 6.45) is -0.0124. The van der Waals surface area contributed by atoms with Gasteiger partial charge in [0.15, 0.2) is 5.60 Å². The summed E-state index contributed by atoms with van der Waals surface area (Å²) in [6.45, 7) is 4.45. The summed E-state index contributed by atoms with van der Waals surface area (Å²) in [6, 6.07) is 4.44. The molecule has 0 aliphatic rings. The van der Waals surface area contributed by atoms with Gasteiger partial charge >= 0.3 is 12.0 Å². The number of carbonyl (C=O) groups is 2. The highest BCUT2D eigenvalue weighted by Gasteiger charge is 2.30. The van der Waals surface area contributed by atoms with Crippen molar-refractivity contribution in [3.8, 4) is 5.75 Å². The number of hydrogen-bond acceptors (Lipinski definition) is 4. The number of carbonyl (C=O) groups excluding carboxylic acids is 1. The molecule has 8 heteroatoms. The highest BCUT2D eigenvalue weighted by atomic mass is 79.9. The first-order valence-corrected chi connectivity index (χ1v) is 7.37. The van der Waals surface area contributed by atoms with Crippen molar-refractivity contribution in [3.63, 3.8) is 0 Å². The zero-order valence-electron chi connectivity index (χ0n) is 12.5. The molecule has 1 atom stereocenters. The second kappa shape index (κ2) is 7.46. The molecule has 1 aromatic carbocycles. The molecule has 1 aromatic rings. The largest absolute Gasteiger partial charge is 0.491 e. The fraction of sp³-hybridized carbons (Fsp3) is 0.429. The second-order valence-corrected chi connectivity index (χ2v) is 6.14. The average Bonchev–Trinajstić information content (AvgIpc) is 2.34. The molecule has 0 fully saturated rings. The summed E-state index contributed by atoms with van der Waals surface area (Å²) in [5, 5.41) is 23.1. The van der Waals surface area contributed by atoms with Crippen LogP contribution in [0.2, 0.25) is 0 Å². The Morgan fingerprint density at radius 3 is 2.55 bits per heavy atom. The number of amides is 2. The molecule has 0 spiro atoms. The molecule has 0 saturated heterocycles. The third kappa shape index (κ3) is 5.90. The number of rotatable bonds is 6. The molecule has 2 amide bonds. The zero-order valence-corrected chi connectivity index (χ0v) is 14.1. The predicted octanol–water partition coefficient (Wildman–Crippen LogP) is 2.19. The quantitative estimate of drug-likeness (QED) is 0.610. The number of urea groups is 1. The van der Waals surface area contributed by atoms with Crippen molar-refractivity contribution in [1.29, 1.82) is 0 Å². The third-order valence-corrected chi connectivity index (χ3v) is 3.01. The van der Waals surface area contributed by atoms with Gasteiger partial charge in [0.1, 0.15) is 5.75 Å². The van der Waals surface area contributed by atoms with E-state index in [1.54, 1.807) is 18.2 Å².